The van der Waals surface area contributed by atoms with Crippen molar-refractivity contribution >= 4 is 60.9 Å². The van der Waals surface area contributed by atoms with Crippen molar-refractivity contribution in [1.29, 1.82) is 0 Å². The lowest BCUT2D eigenvalue weighted by Gasteiger charge is -2.32. The Balaban J connectivity index is 0.802. The standard InChI is InChI=1S/C73H45NO2/c1-2-13-49(14-3-1)56-19-12-20-64-59-40-31-50(43-67(59)73(72(56)64)65-21-8-4-15-57(65)58-16-5-9-22-66(58)73)46-25-34-53(35-26-46)74(54-36-27-47(28-37-54)51-32-41-62-60-17-6-10-23-68(60)75-70(62)44-51)55-38-29-48(30-39-55)52-33-42-63-61-18-7-11-24-69(61)76-71(63)45-52/h1-45H. The van der Waals surface area contributed by atoms with E-state index in [1.807, 2.05) is 24.3 Å². The summed E-state index contributed by atoms with van der Waals surface area (Å²) in [7, 11) is 0. The molecule has 3 heteroatoms. The highest BCUT2D eigenvalue weighted by atomic mass is 16.3. The van der Waals surface area contributed by atoms with E-state index in [0.717, 1.165) is 88.8 Å². The lowest BCUT2D eigenvalue weighted by atomic mass is 9.68. The zero-order valence-corrected chi connectivity index (χ0v) is 41.2. The van der Waals surface area contributed by atoms with Crippen molar-refractivity contribution in [2.24, 2.45) is 0 Å². The first kappa shape index (κ1) is 42.5. The SMILES string of the molecule is c1ccc(-c2cccc3c2C2(c4ccccc4-c4ccccc42)c2cc(-c4ccc(N(c5ccc(-c6ccc7c(c6)oc6ccccc67)cc5)c5ccc(-c6ccc7c(c6)oc6ccccc67)cc5)cc4)ccc2-3)cc1. The third kappa shape index (κ3) is 6.30. The number of nitrogens with zero attached hydrogens (tertiary/aromatic N) is 1. The van der Waals surface area contributed by atoms with Crippen molar-refractivity contribution in [2.45, 2.75) is 5.41 Å². The maximum atomic E-state index is 6.31. The smallest absolute Gasteiger partial charge is 0.136 e. The van der Waals surface area contributed by atoms with Crippen molar-refractivity contribution in [2.75, 3.05) is 4.90 Å². The van der Waals surface area contributed by atoms with Gasteiger partial charge in [-0.1, -0.05) is 194 Å². The fourth-order valence-electron chi connectivity index (χ4n) is 12.9. The normalized spacial score (nSPS) is 12.8. The minimum absolute atomic E-state index is 0.495. The van der Waals surface area contributed by atoms with E-state index in [1.54, 1.807) is 0 Å². The summed E-state index contributed by atoms with van der Waals surface area (Å²) in [6.45, 7) is 0. The molecule has 0 radical (unpaired) electrons. The molecule has 0 unspecified atom stereocenters. The molecule has 2 aliphatic rings. The van der Waals surface area contributed by atoms with Gasteiger partial charge < -0.3 is 13.7 Å². The maximum Gasteiger partial charge on any atom is 0.136 e. The minimum Gasteiger partial charge on any atom is -0.456 e. The van der Waals surface area contributed by atoms with E-state index in [4.69, 9.17) is 8.83 Å². The number of benzene rings is 12. The van der Waals surface area contributed by atoms with Crippen molar-refractivity contribution in [3.05, 3.63) is 295 Å². The molecule has 12 aromatic carbocycles. The lowest BCUT2D eigenvalue weighted by molar-refractivity contribution is 0.668. The second kappa shape index (κ2) is 16.5. The number of hydrogen-bond acceptors (Lipinski definition) is 3. The molecule has 14 aromatic rings. The Morgan fingerprint density at radius 3 is 1.17 bits per heavy atom. The highest BCUT2D eigenvalue weighted by Crippen LogP contribution is 2.65. The molecule has 2 heterocycles. The van der Waals surface area contributed by atoms with Crippen LogP contribution in [0, 0.1) is 0 Å². The van der Waals surface area contributed by atoms with E-state index in [1.165, 1.54) is 61.2 Å². The fourth-order valence-corrected chi connectivity index (χ4v) is 12.9. The third-order valence-electron chi connectivity index (χ3n) is 16.3. The van der Waals surface area contributed by atoms with Gasteiger partial charge >= 0.3 is 0 Å². The molecule has 0 fully saturated rings. The second-order valence-corrected chi connectivity index (χ2v) is 20.3. The summed E-state index contributed by atoms with van der Waals surface area (Å²) < 4.78 is 12.6. The molecule has 2 aliphatic carbocycles. The van der Waals surface area contributed by atoms with Gasteiger partial charge in [-0.15, -0.1) is 0 Å². The quantitative estimate of drug-likeness (QED) is 0.159. The van der Waals surface area contributed by atoms with Crippen molar-refractivity contribution in [1.82, 2.24) is 0 Å². The number of rotatable bonds is 7. The number of fused-ring (bicyclic) bond motifs is 16. The molecule has 0 saturated heterocycles. The first-order valence-electron chi connectivity index (χ1n) is 26.1. The highest BCUT2D eigenvalue weighted by Gasteiger charge is 2.52. The largest absolute Gasteiger partial charge is 0.456 e. The predicted octanol–water partition coefficient (Wildman–Crippen LogP) is 20.0. The first-order valence-corrected chi connectivity index (χ1v) is 26.1. The van der Waals surface area contributed by atoms with Gasteiger partial charge in [-0.25, -0.2) is 0 Å². The molecule has 0 atom stereocenters. The number of furan rings is 2. The van der Waals surface area contributed by atoms with Gasteiger partial charge in [0.1, 0.15) is 22.3 Å². The summed E-state index contributed by atoms with van der Waals surface area (Å²) in [5.41, 5.74) is 26.1. The molecule has 0 bridgehead atoms. The van der Waals surface area contributed by atoms with Crippen molar-refractivity contribution in [3.63, 3.8) is 0 Å². The van der Waals surface area contributed by atoms with Gasteiger partial charge in [-0.2, -0.15) is 0 Å². The topological polar surface area (TPSA) is 29.5 Å². The Hall–Kier alpha value is -9.96. The average Bonchev–Trinajstić information content (AvgIpc) is 4.42. The Bertz CT molecular complexity index is 4420. The number of para-hydroxylation sites is 2. The molecule has 0 saturated carbocycles. The van der Waals surface area contributed by atoms with E-state index >= 15 is 0 Å². The van der Waals surface area contributed by atoms with Gasteiger partial charge in [0.15, 0.2) is 0 Å². The van der Waals surface area contributed by atoms with Crippen LogP contribution in [0.5, 0.6) is 0 Å². The van der Waals surface area contributed by atoms with Crippen LogP contribution in [-0.2, 0) is 5.41 Å². The summed E-state index contributed by atoms with van der Waals surface area (Å²) in [6.07, 6.45) is 0. The van der Waals surface area contributed by atoms with E-state index in [2.05, 4.69) is 254 Å². The van der Waals surface area contributed by atoms with E-state index < -0.39 is 5.41 Å². The van der Waals surface area contributed by atoms with Crippen LogP contribution in [0.2, 0.25) is 0 Å². The second-order valence-electron chi connectivity index (χ2n) is 20.3. The molecule has 3 nitrogen and oxygen atoms in total. The Morgan fingerprint density at radius 1 is 0.237 bits per heavy atom. The zero-order chi connectivity index (χ0) is 49.9. The van der Waals surface area contributed by atoms with Crippen LogP contribution >= 0.6 is 0 Å². The van der Waals surface area contributed by atoms with Gasteiger partial charge in [-0.3, -0.25) is 0 Å². The average molecular weight is 968 g/mol. The third-order valence-corrected chi connectivity index (χ3v) is 16.3. The van der Waals surface area contributed by atoms with Gasteiger partial charge in [0.2, 0.25) is 0 Å². The van der Waals surface area contributed by atoms with Crippen molar-refractivity contribution in [3.8, 4) is 66.8 Å². The maximum absolute atomic E-state index is 6.31. The van der Waals surface area contributed by atoms with Crippen LogP contribution in [0.4, 0.5) is 17.1 Å². The monoisotopic (exact) mass is 967 g/mol. The number of hydrogen-bond donors (Lipinski definition) is 0. The predicted molar refractivity (Wildman–Crippen MR) is 314 cm³/mol. The molecule has 1 spiro atoms. The highest BCUT2D eigenvalue weighted by molar-refractivity contribution is 6.07. The summed E-state index contributed by atoms with van der Waals surface area (Å²) >= 11 is 0. The van der Waals surface area contributed by atoms with Gasteiger partial charge in [0, 0.05) is 38.6 Å². The Kier molecular flexibility index (Phi) is 9.25. The Labute approximate surface area is 439 Å². The molecule has 76 heavy (non-hydrogen) atoms. The minimum atomic E-state index is -0.495. The zero-order valence-electron chi connectivity index (χ0n) is 41.2. The first-order chi connectivity index (χ1) is 37.7. The van der Waals surface area contributed by atoms with Gasteiger partial charge in [0.25, 0.3) is 0 Å². The Morgan fingerprint density at radius 2 is 0.632 bits per heavy atom. The van der Waals surface area contributed by atoms with E-state index in [0.29, 0.717) is 0 Å². The molecule has 354 valence electrons. The molecule has 0 aliphatic heterocycles. The summed E-state index contributed by atoms with van der Waals surface area (Å²) in [5.74, 6) is 0. The number of anilines is 3. The van der Waals surface area contributed by atoms with Crippen LogP contribution < -0.4 is 4.90 Å². The molecule has 2 aromatic heterocycles. The molecular weight excluding hydrogens is 923 g/mol. The van der Waals surface area contributed by atoms with Crippen LogP contribution in [0.3, 0.4) is 0 Å². The molecule has 0 N–H and O–H groups in total. The van der Waals surface area contributed by atoms with Crippen LogP contribution in [-0.4, -0.2) is 0 Å². The van der Waals surface area contributed by atoms with E-state index in [9.17, 15) is 0 Å². The molecular formula is C73H45NO2. The lowest BCUT2D eigenvalue weighted by Crippen LogP contribution is -2.26. The van der Waals surface area contributed by atoms with Gasteiger partial charge in [0.05, 0.1) is 5.41 Å². The van der Waals surface area contributed by atoms with E-state index in [-0.39, 0.29) is 0 Å². The van der Waals surface area contributed by atoms with Crippen LogP contribution in [0.15, 0.2) is 282 Å². The van der Waals surface area contributed by atoms with Crippen molar-refractivity contribution < 1.29 is 8.83 Å². The van der Waals surface area contributed by atoms with Gasteiger partial charge in [-0.05, 0) is 168 Å². The summed E-state index contributed by atoms with van der Waals surface area (Å²) in [5, 5.41) is 4.52. The summed E-state index contributed by atoms with van der Waals surface area (Å²) in [6, 6.07) is 99.6. The molecule has 0 amide bonds. The van der Waals surface area contributed by atoms with Crippen LogP contribution in [0.25, 0.3) is 111 Å². The fraction of sp³-hybridized carbons (Fsp3) is 0.0137. The molecule has 16 rings (SSSR count). The summed E-state index contributed by atoms with van der Waals surface area (Å²) in [4.78, 5) is 2.36. The van der Waals surface area contributed by atoms with Crippen LogP contribution in [0.1, 0.15) is 22.3 Å².